The number of carboxylic acids is 1. The molecule has 1 saturated carbocycles. The number of rotatable bonds is 6. The van der Waals surface area contributed by atoms with Crippen molar-refractivity contribution in [3.63, 3.8) is 0 Å². The van der Waals surface area contributed by atoms with E-state index in [1.807, 2.05) is 12.1 Å². The topological polar surface area (TPSA) is 62.2 Å². The molecule has 116 valence electrons. The van der Waals surface area contributed by atoms with E-state index in [-0.39, 0.29) is 5.25 Å². The van der Waals surface area contributed by atoms with Crippen LogP contribution in [0.5, 0.6) is 0 Å². The second-order valence-electron chi connectivity index (χ2n) is 5.44. The van der Waals surface area contributed by atoms with Crippen LogP contribution in [0.15, 0.2) is 27.8 Å². The number of aromatic nitrogens is 1. The van der Waals surface area contributed by atoms with E-state index in [1.165, 1.54) is 0 Å². The molecule has 2 N–H and O–H groups in total. The zero-order valence-corrected chi connectivity index (χ0v) is 14.5. The first kappa shape index (κ1) is 16.8. The maximum Gasteiger partial charge on any atom is 0.323 e. The highest BCUT2D eigenvalue weighted by Crippen LogP contribution is 2.39. The summed E-state index contributed by atoms with van der Waals surface area (Å²) in [5.41, 5.74) is -0.771. The molecule has 1 heterocycles. The summed E-state index contributed by atoms with van der Waals surface area (Å²) in [7, 11) is 0. The van der Waals surface area contributed by atoms with Crippen molar-refractivity contribution in [1.29, 1.82) is 0 Å². The van der Waals surface area contributed by atoms with Crippen molar-refractivity contribution in [1.82, 2.24) is 10.3 Å². The van der Waals surface area contributed by atoms with Gasteiger partial charge < -0.3 is 10.4 Å². The smallest absolute Gasteiger partial charge is 0.323 e. The number of nitrogens with zero attached hydrogens (tertiary/aromatic N) is 1. The van der Waals surface area contributed by atoms with E-state index in [4.69, 9.17) is 0 Å². The first-order chi connectivity index (χ1) is 10.1. The van der Waals surface area contributed by atoms with E-state index in [0.29, 0.717) is 12.8 Å². The predicted molar refractivity (Wildman–Crippen MR) is 88.7 cm³/mol. The summed E-state index contributed by atoms with van der Waals surface area (Å²) in [6.45, 7) is 2.81. The second-order valence-corrected chi connectivity index (χ2v) is 7.58. The van der Waals surface area contributed by atoms with Crippen LogP contribution in [0.25, 0.3) is 0 Å². The molecule has 0 amide bonds. The third kappa shape index (κ3) is 4.20. The Labute approximate surface area is 138 Å². The summed E-state index contributed by atoms with van der Waals surface area (Å²) in [5, 5.41) is 14.2. The number of carboxylic acid groups (broad SMARTS) is 1. The maximum atomic E-state index is 11.8. The summed E-state index contributed by atoms with van der Waals surface area (Å²) in [4.78, 5) is 16.1. The number of nitrogens with one attached hydrogen (secondary N) is 1. The number of aliphatic carboxylic acids is 1. The van der Waals surface area contributed by atoms with Crippen LogP contribution in [0.1, 0.15) is 39.0 Å². The highest BCUT2D eigenvalue weighted by Gasteiger charge is 2.42. The number of pyridine rings is 1. The molecular weight excluding hydrogens is 352 g/mol. The van der Waals surface area contributed by atoms with E-state index in [2.05, 4.69) is 33.2 Å². The van der Waals surface area contributed by atoms with Gasteiger partial charge in [-0.1, -0.05) is 6.92 Å². The normalized spacial score (nSPS) is 25.7. The summed E-state index contributed by atoms with van der Waals surface area (Å²) in [6.07, 6.45) is 6.05. The Morgan fingerprint density at radius 3 is 3.14 bits per heavy atom. The molecule has 1 aliphatic carbocycles. The third-order valence-corrected chi connectivity index (χ3v) is 6.02. The largest absolute Gasteiger partial charge is 0.480 e. The van der Waals surface area contributed by atoms with Crippen molar-refractivity contribution in [2.75, 3.05) is 6.54 Å². The molecule has 0 saturated heterocycles. The predicted octanol–water partition coefficient (Wildman–Crippen LogP) is 3.70. The van der Waals surface area contributed by atoms with E-state index in [1.54, 1.807) is 18.0 Å². The zero-order chi connectivity index (χ0) is 15.3. The number of hydrogen-bond donors (Lipinski definition) is 2. The van der Waals surface area contributed by atoms with Gasteiger partial charge in [-0.05, 0) is 66.7 Å². The Morgan fingerprint density at radius 2 is 2.48 bits per heavy atom. The van der Waals surface area contributed by atoms with Gasteiger partial charge in [-0.25, -0.2) is 4.98 Å². The fraction of sp³-hybridized carbons (Fsp3) is 0.600. The van der Waals surface area contributed by atoms with Crippen LogP contribution >= 0.6 is 27.7 Å². The molecule has 6 heteroatoms. The highest BCUT2D eigenvalue weighted by molar-refractivity contribution is 9.10. The standard InChI is InChI=1S/C15H21BrN2O2S/c1-2-8-18-15(14(19)20)7-3-5-11(10-15)21-13-12(16)6-4-9-17-13/h4,6,9,11,18H,2-3,5,7-8,10H2,1H3,(H,19,20). The highest BCUT2D eigenvalue weighted by atomic mass is 79.9. The zero-order valence-electron chi connectivity index (χ0n) is 12.1. The van der Waals surface area contributed by atoms with Crippen LogP contribution in [0, 0.1) is 0 Å². The van der Waals surface area contributed by atoms with Crippen LogP contribution in [0.2, 0.25) is 0 Å². The van der Waals surface area contributed by atoms with Crippen molar-refractivity contribution >= 4 is 33.7 Å². The average molecular weight is 373 g/mol. The molecule has 1 aromatic heterocycles. The van der Waals surface area contributed by atoms with Crippen LogP contribution in [0.4, 0.5) is 0 Å². The monoisotopic (exact) mass is 372 g/mol. The van der Waals surface area contributed by atoms with Crippen molar-refractivity contribution in [3.8, 4) is 0 Å². The van der Waals surface area contributed by atoms with Gasteiger partial charge in [-0.15, -0.1) is 11.8 Å². The first-order valence-electron chi connectivity index (χ1n) is 7.33. The average Bonchev–Trinajstić information content (AvgIpc) is 2.48. The molecule has 0 radical (unpaired) electrons. The minimum atomic E-state index is -0.771. The molecule has 1 fully saturated rings. The van der Waals surface area contributed by atoms with E-state index < -0.39 is 11.5 Å². The molecule has 2 unspecified atom stereocenters. The van der Waals surface area contributed by atoms with Crippen molar-refractivity contribution in [3.05, 3.63) is 22.8 Å². The SMILES string of the molecule is CCCNC1(C(=O)O)CCCC(Sc2ncccc2Br)C1. The lowest BCUT2D eigenvalue weighted by atomic mass is 9.81. The minimum Gasteiger partial charge on any atom is -0.480 e. The van der Waals surface area contributed by atoms with Gasteiger partial charge in [0.05, 0.1) is 0 Å². The van der Waals surface area contributed by atoms with E-state index in [0.717, 1.165) is 35.3 Å². The first-order valence-corrected chi connectivity index (χ1v) is 9.00. The van der Waals surface area contributed by atoms with Crippen LogP contribution in [0.3, 0.4) is 0 Å². The van der Waals surface area contributed by atoms with Gasteiger partial charge in [0, 0.05) is 15.9 Å². The Kier molecular flexibility index (Phi) is 6.08. The Bertz CT molecular complexity index is 500. The Morgan fingerprint density at radius 1 is 1.67 bits per heavy atom. The van der Waals surface area contributed by atoms with Crippen LogP contribution in [-0.4, -0.2) is 33.4 Å². The lowest BCUT2D eigenvalue weighted by Gasteiger charge is -2.38. The minimum absolute atomic E-state index is 0.283. The second kappa shape index (κ2) is 7.61. The maximum absolute atomic E-state index is 11.8. The molecule has 4 nitrogen and oxygen atoms in total. The fourth-order valence-electron chi connectivity index (χ4n) is 2.74. The number of carbonyl (C=O) groups is 1. The molecule has 0 spiro atoms. The van der Waals surface area contributed by atoms with Gasteiger partial charge in [0.15, 0.2) is 0 Å². The van der Waals surface area contributed by atoms with Gasteiger partial charge in [0.25, 0.3) is 0 Å². The molecule has 1 aromatic rings. The Hall–Kier alpha value is -0.590. The van der Waals surface area contributed by atoms with Crippen molar-refractivity contribution in [2.45, 2.75) is 54.8 Å². The molecule has 0 aromatic carbocycles. The summed E-state index contributed by atoms with van der Waals surface area (Å²) < 4.78 is 0.975. The summed E-state index contributed by atoms with van der Waals surface area (Å²) in [6, 6.07) is 3.86. The van der Waals surface area contributed by atoms with Crippen molar-refractivity contribution < 1.29 is 9.90 Å². The van der Waals surface area contributed by atoms with Crippen LogP contribution in [-0.2, 0) is 4.79 Å². The number of hydrogen-bond acceptors (Lipinski definition) is 4. The molecule has 0 bridgehead atoms. The van der Waals surface area contributed by atoms with Crippen LogP contribution < -0.4 is 5.32 Å². The van der Waals surface area contributed by atoms with E-state index >= 15 is 0 Å². The number of halogens is 1. The molecule has 2 atom stereocenters. The van der Waals surface area contributed by atoms with Crippen molar-refractivity contribution in [2.24, 2.45) is 0 Å². The fourth-order valence-corrected chi connectivity index (χ4v) is 4.54. The number of thioether (sulfide) groups is 1. The summed E-state index contributed by atoms with van der Waals surface area (Å²) >= 11 is 5.19. The van der Waals surface area contributed by atoms with Gasteiger partial charge in [-0.3, -0.25) is 4.79 Å². The van der Waals surface area contributed by atoms with Gasteiger partial charge in [0.2, 0.25) is 0 Å². The molecule has 0 aliphatic heterocycles. The van der Waals surface area contributed by atoms with Gasteiger partial charge >= 0.3 is 5.97 Å². The van der Waals surface area contributed by atoms with Gasteiger partial charge in [0.1, 0.15) is 10.6 Å². The summed E-state index contributed by atoms with van der Waals surface area (Å²) in [5.74, 6) is -0.721. The lowest BCUT2D eigenvalue weighted by molar-refractivity contribution is -0.146. The Balaban J connectivity index is 2.08. The molecule has 21 heavy (non-hydrogen) atoms. The third-order valence-electron chi connectivity index (χ3n) is 3.83. The molecule has 2 rings (SSSR count). The molecule has 1 aliphatic rings. The quantitative estimate of drug-likeness (QED) is 0.796. The molecular formula is C15H21BrN2O2S. The van der Waals surface area contributed by atoms with Gasteiger partial charge in [-0.2, -0.15) is 0 Å². The lowest BCUT2D eigenvalue weighted by Crippen LogP contribution is -2.55. The van der Waals surface area contributed by atoms with E-state index in [9.17, 15) is 9.90 Å².